The molecular formula is C20H16N2O6S2. The molecule has 154 valence electrons. The van der Waals surface area contributed by atoms with Crippen LogP contribution in [0.1, 0.15) is 9.75 Å². The third kappa shape index (κ3) is 5.31. The van der Waals surface area contributed by atoms with Crippen LogP contribution in [0.3, 0.4) is 0 Å². The van der Waals surface area contributed by atoms with Crippen molar-refractivity contribution in [1.29, 1.82) is 0 Å². The van der Waals surface area contributed by atoms with E-state index in [-0.39, 0.29) is 17.1 Å². The minimum atomic E-state index is -0.696. The maximum absolute atomic E-state index is 12.6. The second kappa shape index (κ2) is 9.81. The van der Waals surface area contributed by atoms with Gasteiger partial charge in [-0.05, 0) is 41.1 Å². The standard InChI is InChI=1S/C20H16N2O6S2/c1-27-13-6-7-16(17(10-13)22(25)26)21-19(23)12-28-20(24)15(18-5-3-9-30-18)11-14-4-2-8-29-14/h2-11H,12H2,1H3,(H,21,23). The van der Waals surface area contributed by atoms with Gasteiger partial charge in [-0.15, -0.1) is 22.7 Å². The molecule has 0 saturated carbocycles. The van der Waals surface area contributed by atoms with E-state index in [1.54, 1.807) is 12.1 Å². The summed E-state index contributed by atoms with van der Waals surface area (Å²) in [6.45, 7) is -0.588. The van der Waals surface area contributed by atoms with Crippen LogP contribution in [0.4, 0.5) is 11.4 Å². The lowest BCUT2D eigenvalue weighted by Crippen LogP contribution is -2.21. The molecule has 8 nitrogen and oxygen atoms in total. The van der Waals surface area contributed by atoms with E-state index in [2.05, 4.69) is 5.32 Å². The Morgan fingerprint density at radius 1 is 1.17 bits per heavy atom. The van der Waals surface area contributed by atoms with Crippen LogP contribution < -0.4 is 10.1 Å². The molecule has 0 unspecified atom stereocenters. The number of nitro groups is 1. The average Bonchev–Trinajstić information content (AvgIpc) is 3.44. The normalized spacial score (nSPS) is 11.0. The molecular weight excluding hydrogens is 428 g/mol. The average molecular weight is 444 g/mol. The minimum Gasteiger partial charge on any atom is -0.496 e. The van der Waals surface area contributed by atoms with Gasteiger partial charge in [0.2, 0.25) is 0 Å². The number of benzene rings is 1. The molecule has 2 aromatic heterocycles. The van der Waals surface area contributed by atoms with Gasteiger partial charge >= 0.3 is 5.97 Å². The first-order chi connectivity index (χ1) is 14.5. The van der Waals surface area contributed by atoms with E-state index < -0.39 is 23.4 Å². The number of amides is 1. The number of carbonyl (C=O) groups is 2. The molecule has 3 aromatic rings. The van der Waals surface area contributed by atoms with Crippen molar-refractivity contribution >= 4 is 57.6 Å². The van der Waals surface area contributed by atoms with Gasteiger partial charge in [0.15, 0.2) is 6.61 Å². The van der Waals surface area contributed by atoms with E-state index in [0.29, 0.717) is 10.5 Å². The summed E-state index contributed by atoms with van der Waals surface area (Å²) in [5.41, 5.74) is -0.0176. The van der Waals surface area contributed by atoms with Crippen molar-refractivity contribution in [2.24, 2.45) is 0 Å². The van der Waals surface area contributed by atoms with Crippen molar-refractivity contribution in [3.05, 3.63) is 73.1 Å². The fourth-order valence-corrected chi connectivity index (χ4v) is 3.86. The molecule has 0 bridgehead atoms. The second-order valence-electron chi connectivity index (χ2n) is 5.82. The Morgan fingerprint density at radius 2 is 1.93 bits per heavy atom. The molecule has 10 heteroatoms. The largest absolute Gasteiger partial charge is 0.496 e. The number of nitrogens with one attached hydrogen (secondary N) is 1. The number of esters is 1. The molecule has 1 N–H and O–H groups in total. The van der Waals surface area contributed by atoms with Crippen molar-refractivity contribution in [2.75, 3.05) is 19.0 Å². The Bertz CT molecular complexity index is 1070. The zero-order valence-corrected chi connectivity index (χ0v) is 17.3. The summed E-state index contributed by atoms with van der Waals surface area (Å²) in [4.78, 5) is 37.0. The highest BCUT2D eigenvalue weighted by atomic mass is 32.1. The van der Waals surface area contributed by atoms with Crippen molar-refractivity contribution in [1.82, 2.24) is 0 Å². The Kier molecular flexibility index (Phi) is 6.94. The van der Waals surface area contributed by atoms with Crippen LogP contribution in [0.2, 0.25) is 0 Å². The number of methoxy groups -OCH3 is 1. The van der Waals surface area contributed by atoms with Gasteiger partial charge in [-0.25, -0.2) is 4.79 Å². The number of thiophene rings is 2. The third-order valence-electron chi connectivity index (χ3n) is 3.85. The zero-order valence-electron chi connectivity index (χ0n) is 15.7. The molecule has 30 heavy (non-hydrogen) atoms. The number of carbonyl (C=O) groups excluding carboxylic acids is 2. The van der Waals surface area contributed by atoms with Gasteiger partial charge in [-0.2, -0.15) is 0 Å². The smallest absolute Gasteiger partial charge is 0.340 e. The number of hydrogen-bond donors (Lipinski definition) is 1. The Morgan fingerprint density at radius 3 is 2.57 bits per heavy atom. The predicted octanol–water partition coefficient (Wildman–Crippen LogP) is 4.45. The fraction of sp³-hybridized carbons (Fsp3) is 0.100. The Hall–Kier alpha value is -3.50. The number of rotatable bonds is 8. The van der Waals surface area contributed by atoms with Crippen LogP contribution in [0.25, 0.3) is 11.6 Å². The summed E-state index contributed by atoms with van der Waals surface area (Å²) in [7, 11) is 1.38. The van der Waals surface area contributed by atoms with Crippen molar-refractivity contribution in [3.8, 4) is 5.75 Å². The van der Waals surface area contributed by atoms with Crippen LogP contribution in [0, 0.1) is 10.1 Å². The summed E-state index contributed by atoms with van der Waals surface area (Å²) in [6, 6.07) is 11.3. The SMILES string of the molecule is COc1ccc(NC(=O)COC(=O)C(=Cc2cccs2)c2cccs2)c([N+](=O)[O-])c1. The van der Waals surface area contributed by atoms with E-state index in [4.69, 9.17) is 9.47 Å². The number of nitrogens with zero attached hydrogens (tertiary/aromatic N) is 1. The topological polar surface area (TPSA) is 108 Å². The van der Waals surface area contributed by atoms with E-state index in [9.17, 15) is 19.7 Å². The minimum absolute atomic E-state index is 0.0190. The van der Waals surface area contributed by atoms with Gasteiger partial charge < -0.3 is 14.8 Å². The quantitative estimate of drug-likeness (QED) is 0.238. The molecule has 0 aliphatic heterocycles. The van der Waals surface area contributed by atoms with E-state index in [1.165, 1.54) is 48.0 Å². The lowest BCUT2D eigenvalue weighted by molar-refractivity contribution is -0.384. The molecule has 0 radical (unpaired) electrons. The number of anilines is 1. The molecule has 2 heterocycles. The van der Waals surface area contributed by atoms with E-state index >= 15 is 0 Å². The van der Waals surface area contributed by atoms with E-state index in [0.717, 1.165) is 4.88 Å². The molecule has 1 aromatic carbocycles. The first kappa shape index (κ1) is 21.2. The molecule has 0 spiro atoms. The Balaban J connectivity index is 1.69. The maximum atomic E-state index is 12.6. The lowest BCUT2D eigenvalue weighted by Gasteiger charge is -2.09. The van der Waals surface area contributed by atoms with Gasteiger partial charge in [0, 0.05) is 9.75 Å². The first-order valence-corrected chi connectivity index (χ1v) is 10.3. The molecule has 0 aliphatic rings. The summed E-state index contributed by atoms with van der Waals surface area (Å²) >= 11 is 2.84. The van der Waals surface area contributed by atoms with E-state index in [1.807, 2.05) is 29.0 Å². The van der Waals surface area contributed by atoms with Crippen LogP contribution >= 0.6 is 22.7 Å². The summed E-state index contributed by atoms with van der Waals surface area (Å²) in [5.74, 6) is -1.08. The van der Waals surface area contributed by atoms with Crippen LogP contribution in [-0.4, -0.2) is 30.5 Å². The van der Waals surface area contributed by atoms with Crippen molar-refractivity contribution in [2.45, 2.75) is 0 Å². The first-order valence-electron chi connectivity index (χ1n) is 8.56. The second-order valence-corrected chi connectivity index (χ2v) is 7.74. The monoisotopic (exact) mass is 444 g/mol. The van der Waals surface area contributed by atoms with Gasteiger partial charge in [0.1, 0.15) is 11.4 Å². The number of ether oxygens (including phenoxy) is 2. The summed E-state index contributed by atoms with van der Waals surface area (Å²) in [6.07, 6.45) is 1.70. The number of hydrogen-bond acceptors (Lipinski definition) is 8. The summed E-state index contributed by atoms with van der Waals surface area (Å²) in [5, 5.41) is 17.3. The highest BCUT2D eigenvalue weighted by Crippen LogP contribution is 2.29. The number of nitro benzene ring substituents is 1. The third-order valence-corrected chi connectivity index (χ3v) is 5.57. The highest BCUT2D eigenvalue weighted by Gasteiger charge is 2.20. The molecule has 0 aliphatic carbocycles. The maximum Gasteiger partial charge on any atom is 0.340 e. The molecule has 0 atom stereocenters. The van der Waals surface area contributed by atoms with Gasteiger partial charge in [-0.3, -0.25) is 14.9 Å². The van der Waals surface area contributed by atoms with Gasteiger partial charge in [-0.1, -0.05) is 12.1 Å². The molecule has 3 rings (SSSR count). The van der Waals surface area contributed by atoms with Crippen LogP contribution in [-0.2, 0) is 14.3 Å². The molecule has 0 fully saturated rings. The Labute approximate surface area is 179 Å². The highest BCUT2D eigenvalue weighted by molar-refractivity contribution is 7.12. The van der Waals surface area contributed by atoms with Crippen LogP contribution in [0.15, 0.2) is 53.2 Å². The molecule has 1 amide bonds. The zero-order chi connectivity index (χ0) is 21.5. The van der Waals surface area contributed by atoms with Gasteiger partial charge in [0.05, 0.1) is 23.7 Å². The van der Waals surface area contributed by atoms with Crippen molar-refractivity contribution in [3.63, 3.8) is 0 Å². The van der Waals surface area contributed by atoms with Crippen LogP contribution in [0.5, 0.6) is 5.75 Å². The lowest BCUT2D eigenvalue weighted by atomic mass is 10.2. The predicted molar refractivity (Wildman–Crippen MR) is 116 cm³/mol. The summed E-state index contributed by atoms with van der Waals surface area (Å²) < 4.78 is 10.1. The van der Waals surface area contributed by atoms with Crippen molar-refractivity contribution < 1.29 is 24.0 Å². The van der Waals surface area contributed by atoms with Gasteiger partial charge in [0.25, 0.3) is 11.6 Å². The fourth-order valence-electron chi connectivity index (χ4n) is 2.47. The molecule has 0 saturated heterocycles.